The molecule has 0 radical (unpaired) electrons. The van der Waals surface area contributed by atoms with Gasteiger partial charge < -0.3 is 5.32 Å². The number of rotatable bonds is 3. The highest BCUT2D eigenvalue weighted by Gasteiger charge is 2.26. The molecule has 1 aromatic heterocycles. The monoisotopic (exact) mass is 356 g/mol. The maximum Gasteiger partial charge on any atom is 0.0711 e. The Hall–Kier alpha value is -1.39. The topological polar surface area (TPSA) is 15.3 Å². The quantitative estimate of drug-likeness (QED) is 0.715. The molecule has 0 amide bonds. The molecule has 2 aromatic carbocycles. The van der Waals surface area contributed by atoms with Gasteiger partial charge in [0.05, 0.1) is 6.04 Å². The lowest BCUT2D eigenvalue weighted by molar-refractivity contribution is 0.244. The Morgan fingerprint density at radius 3 is 2.71 bits per heavy atom. The van der Waals surface area contributed by atoms with Gasteiger partial charge >= 0.3 is 0 Å². The molecule has 124 valence electrons. The molecule has 1 saturated heterocycles. The van der Waals surface area contributed by atoms with Gasteiger partial charge in [0.2, 0.25) is 0 Å². The van der Waals surface area contributed by atoms with Crippen LogP contribution in [0.1, 0.15) is 22.9 Å². The molecule has 0 saturated carbocycles. The van der Waals surface area contributed by atoms with Gasteiger partial charge in [0.25, 0.3) is 0 Å². The van der Waals surface area contributed by atoms with Gasteiger partial charge in [0.15, 0.2) is 0 Å². The Bertz CT molecular complexity index is 788. The maximum absolute atomic E-state index is 6.59. The van der Waals surface area contributed by atoms with Gasteiger partial charge in [-0.3, -0.25) is 4.90 Å². The van der Waals surface area contributed by atoms with Crippen LogP contribution in [0.15, 0.2) is 54.6 Å². The van der Waals surface area contributed by atoms with Crippen LogP contribution in [0.5, 0.6) is 0 Å². The van der Waals surface area contributed by atoms with E-state index >= 15 is 0 Å². The summed E-state index contributed by atoms with van der Waals surface area (Å²) in [4.78, 5) is 3.96. The number of thiophene rings is 1. The molecule has 4 rings (SSSR count). The summed E-state index contributed by atoms with van der Waals surface area (Å²) in [5.41, 5.74) is 1.22. The van der Waals surface area contributed by atoms with E-state index in [1.807, 2.05) is 23.5 Å². The fourth-order valence-corrected chi connectivity index (χ4v) is 4.95. The third-order valence-electron chi connectivity index (χ3n) is 4.65. The van der Waals surface area contributed by atoms with Gasteiger partial charge in [-0.2, -0.15) is 0 Å². The molecular formula is C20H21ClN2S. The van der Waals surface area contributed by atoms with Crippen molar-refractivity contribution in [2.45, 2.75) is 12.5 Å². The van der Waals surface area contributed by atoms with Crippen LogP contribution < -0.4 is 5.32 Å². The second-order valence-electron chi connectivity index (χ2n) is 6.25. The molecule has 2 heterocycles. The van der Waals surface area contributed by atoms with E-state index in [1.165, 1.54) is 26.9 Å². The van der Waals surface area contributed by atoms with Gasteiger partial charge in [-0.1, -0.05) is 48.0 Å². The number of hydrogen-bond acceptors (Lipinski definition) is 3. The Morgan fingerprint density at radius 1 is 1.00 bits per heavy atom. The molecule has 4 heteroatoms. The molecule has 3 aromatic rings. The molecule has 2 nitrogen and oxygen atoms in total. The minimum Gasteiger partial charge on any atom is -0.315 e. The van der Waals surface area contributed by atoms with E-state index in [2.05, 4.69) is 52.7 Å². The first-order chi connectivity index (χ1) is 11.8. The van der Waals surface area contributed by atoms with Crippen molar-refractivity contribution in [3.63, 3.8) is 0 Å². The summed E-state index contributed by atoms with van der Waals surface area (Å²) in [6.07, 6.45) is 1.17. The number of hydrogen-bond donors (Lipinski definition) is 1. The van der Waals surface area contributed by atoms with Crippen molar-refractivity contribution in [2.24, 2.45) is 0 Å². The summed E-state index contributed by atoms with van der Waals surface area (Å²) in [5, 5.41) is 5.69. The minimum atomic E-state index is 0.232. The van der Waals surface area contributed by atoms with Crippen molar-refractivity contribution in [3.05, 3.63) is 70.1 Å². The Kier molecular flexibility index (Phi) is 4.86. The van der Waals surface area contributed by atoms with Crippen LogP contribution in [0.25, 0.3) is 10.1 Å². The van der Waals surface area contributed by atoms with Crippen LogP contribution in [0.3, 0.4) is 0 Å². The van der Waals surface area contributed by atoms with Crippen LogP contribution in [0.4, 0.5) is 0 Å². The van der Waals surface area contributed by atoms with Crippen molar-refractivity contribution >= 4 is 33.0 Å². The zero-order valence-electron chi connectivity index (χ0n) is 13.5. The zero-order chi connectivity index (χ0) is 16.4. The van der Waals surface area contributed by atoms with E-state index in [1.54, 1.807) is 0 Å². The van der Waals surface area contributed by atoms with Crippen molar-refractivity contribution in [3.8, 4) is 0 Å². The molecule has 1 N–H and O–H groups in total. The molecule has 1 fully saturated rings. The zero-order valence-corrected chi connectivity index (χ0v) is 15.1. The Labute approximate surface area is 152 Å². The molecule has 1 unspecified atom stereocenters. The average Bonchev–Trinajstić information content (AvgIpc) is 2.84. The SMILES string of the molecule is Clc1ccccc1C(c1cc2ccccc2s1)N1CCCNCC1. The van der Waals surface area contributed by atoms with E-state index in [0.29, 0.717) is 0 Å². The molecule has 24 heavy (non-hydrogen) atoms. The number of fused-ring (bicyclic) bond motifs is 1. The fraction of sp³-hybridized carbons (Fsp3) is 0.300. The second kappa shape index (κ2) is 7.24. The third-order valence-corrected chi connectivity index (χ3v) is 6.17. The Balaban J connectivity index is 1.81. The molecule has 1 aliphatic rings. The Morgan fingerprint density at radius 2 is 1.83 bits per heavy atom. The van der Waals surface area contributed by atoms with Gasteiger partial charge in [-0.25, -0.2) is 0 Å². The number of halogens is 1. The fourth-order valence-electron chi connectivity index (χ4n) is 3.49. The first-order valence-electron chi connectivity index (χ1n) is 8.50. The van der Waals surface area contributed by atoms with Gasteiger partial charge in [0.1, 0.15) is 0 Å². The third kappa shape index (κ3) is 3.22. The van der Waals surface area contributed by atoms with Crippen molar-refractivity contribution in [1.82, 2.24) is 10.2 Å². The number of nitrogens with one attached hydrogen (secondary N) is 1. The van der Waals surface area contributed by atoms with Crippen molar-refractivity contribution in [2.75, 3.05) is 26.2 Å². The van der Waals surface area contributed by atoms with E-state index in [0.717, 1.165) is 31.2 Å². The van der Waals surface area contributed by atoms with Crippen LogP contribution in [-0.4, -0.2) is 31.1 Å². The highest BCUT2D eigenvalue weighted by molar-refractivity contribution is 7.19. The number of nitrogens with zero attached hydrogens (tertiary/aromatic N) is 1. The van der Waals surface area contributed by atoms with Crippen molar-refractivity contribution in [1.29, 1.82) is 0 Å². The first-order valence-corrected chi connectivity index (χ1v) is 9.70. The summed E-state index contributed by atoms with van der Waals surface area (Å²) in [6, 6.07) is 19.5. The van der Waals surface area contributed by atoms with Crippen LogP contribution in [0, 0.1) is 0 Å². The lowest BCUT2D eigenvalue weighted by Gasteiger charge is -2.30. The summed E-state index contributed by atoms with van der Waals surface area (Å²) >= 11 is 8.48. The van der Waals surface area contributed by atoms with Crippen LogP contribution in [0.2, 0.25) is 5.02 Å². The summed E-state index contributed by atoms with van der Waals surface area (Å²) in [6.45, 7) is 4.27. The average molecular weight is 357 g/mol. The molecule has 1 aliphatic heterocycles. The van der Waals surface area contributed by atoms with Crippen molar-refractivity contribution < 1.29 is 0 Å². The molecule has 1 atom stereocenters. The lowest BCUT2D eigenvalue weighted by atomic mass is 10.0. The van der Waals surface area contributed by atoms with Gasteiger partial charge in [-0.05, 0) is 42.1 Å². The van der Waals surface area contributed by atoms with Gasteiger partial charge in [-0.15, -0.1) is 11.3 Å². The highest BCUT2D eigenvalue weighted by Crippen LogP contribution is 2.39. The molecule has 0 spiro atoms. The second-order valence-corrected chi connectivity index (χ2v) is 7.77. The lowest BCUT2D eigenvalue weighted by Crippen LogP contribution is -2.32. The van der Waals surface area contributed by atoms with Gasteiger partial charge in [0, 0.05) is 34.2 Å². The van der Waals surface area contributed by atoms with E-state index in [-0.39, 0.29) is 6.04 Å². The normalized spacial score (nSPS) is 17.7. The van der Waals surface area contributed by atoms with E-state index in [9.17, 15) is 0 Å². The van der Waals surface area contributed by atoms with Crippen LogP contribution >= 0.6 is 22.9 Å². The summed E-state index contributed by atoms with van der Waals surface area (Å²) < 4.78 is 1.34. The smallest absolute Gasteiger partial charge is 0.0711 e. The van der Waals surface area contributed by atoms with E-state index < -0.39 is 0 Å². The largest absolute Gasteiger partial charge is 0.315 e. The summed E-state index contributed by atoms with van der Waals surface area (Å²) in [7, 11) is 0. The molecule has 0 bridgehead atoms. The molecular weight excluding hydrogens is 336 g/mol. The van der Waals surface area contributed by atoms with Crippen LogP contribution in [-0.2, 0) is 0 Å². The minimum absolute atomic E-state index is 0.232. The highest BCUT2D eigenvalue weighted by atomic mass is 35.5. The van der Waals surface area contributed by atoms with E-state index in [4.69, 9.17) is 11.6 Å². The molecule has 0 aliphatic carbocycles. The first kappa shape index (κ1) is 16.1. The number of benzene rings is 2. The summed E-state index contributed by atoms with van der Waals surface area (Å²) in [5.74, 6) is 0. The maximum atomic E-state index is 6.59. The predicted octanol–water partition coefficient (Wildman–Crippen LogP) is 4.94. The predicted molar refractivity (Wildman–Crippen MR) is 104 cm³/mol. The standard InChI is InChI=1S/C20H21ClN2S/c21-17-8-3-2-7-16(17)20(23-12-5-10-22-11-13-23)19-14-15-6-1-4-9-18(15)24-19/h1-4,6-9,14,20,22H,5,10-13H2.